The van der Waals surface area contributed by atoms with E-state index >= 15 is 0 Å². The molecule has 1 amide bonds. The van der Waals surface area contributed by atoms with E-state index in [2.05, 4.69) is 15.0 Å². The van der Waals surface area contributed by atoms with Gasteiger partial charge < -0.3 is 30.1 Å². The Hall–Kier alpha value is -3.53. The summed E-state index contributed by atoms with van der Waals surface area (Å²) in [6.45, 7) is 2.11. The number of benzene rings is 1. The molecule has 0 radical (unpaired) electrons. The highest BCUT2D eigenvalue weighted by atomic mass is 16.5. The minimum atomic E-state index is -0.851. The first-order chi connectivity index (χ1) is 15.0. The lowest BCUT2D eigenvalue weighted by atomic mass is 10.2. The van der Waals surface area contributed by atoms with Crippen molar-refractivity contribution in [2.75, 3.05) is 44.0 Å². The third-order valence-electron chi connectivity index (χ3n) is 5.99. The number of nitrogens with zero attached hydrogens (tertiary/aromatic N) is 5. The van der Waals surface area contributed by atoms with Crippen molar-refractivity contribution in [2.24, 2.45) is 0 Å². The quantitative estimate of drug-likeness (QED) is 0.577. The maximum absolute atomic E-state index is 11.4. The monoisotopic (exact) mass is 424 g/mol. The molecule has 2 aromatic heterocycles. The summed E-state index contributed by atoms with van der Waals surface area (Å²) in [5.41, 5.74) is 7.83. The standard InChI is InChI=1S/C21H24N6O4/c1-30-6-7-31-16-2-3-17-18(10-16)27(24-20(17)22)13-4-5-23-19(9-13)25-11-15-8-14(25)12-26(15)21(28)29/h2-5,9-10,14-15H,6-8,11-12H2,1H3,(H2,22,24)(H,28,29)/t14-,15-/m0/s1. The van der Waals surface area contributed by atoms with Crippen molar-refractivity contribution in [3.8, 4) is 11.4 Å². The molecule has 5 rings (SSSR count). The van der Waals surface area contributed by atoms with Crippen LogP contribution in [-0.2, 0) is 4.74 Å². The van der Waals surface area contributed by atoms with Crippen molar-refractivity contribution in [1.29, 1.82) is 0 Å². The number of aromatic nitrogens is 3. The second-order valence-electron chi connectivity index (χ2n) is 7.82. The number of hydrogen-bond acceptors (Lipinski definition) is 7. The van der Waals surface area contributed by atoms with Crippen LogP contribution in [0.1, 0.15) is 6.42 Å². The average molecular weight is 424 g/mol. The van der Waals surface area contributed by atoms with Gasteiger partial charge in [-0.25, -0.2) is 14.5 Å². The van der Waals surface area contributed by atoms with Crippen molar-refractivity contribution in [1.82, 2.24) is 19.7 Å². The first-order valence-electron chi connectivity index (χ1n) is 10.2. The zero-order valence-corrected chi connectivity index (χ0v) is 17.1. The molecule has 2 atom stereocenters. The Balaban J connectivity index is 1.45. The molecule has 1 aromatic carbocycles. The number of nitrogen functional groups attached to an aromatic ring is 1. The molecule has 2 aliphatic heterocycles. The molecule has 162 valence electrons. The molecule has 2 fully saturated rings. The molecule has 2 bridgehead atoms. The van der Waals surface area contributed by atoms with Gasteiger partial charge in [0, 0.05) is 43.9 Å². The Morgan fingerprint density at radius 2 is 2.10 bits per heavy atom. The summed E-state index contributed by atoms with van der Waals surface area (Å²) in [6, 6.07) is 9.69. The normalized spacial score (nSPS) is 20.0. The number of pyridine rings is 1. The molecule has 3 N–H and O–H groups in total. The highest BCUT2D eigenvalue weighted by Gasteiger charge is 2.45. The second kappa shape index (κ2) is 7.62. The summed E-state index contributed by atoms with van der Waals surface area (Å²) in [5, 5.41) is 14.7. The third kappa shape index (κ3) is 3.38. The Morgan fingerprint density at radius 3 is 2.84 bits per heavy atom. The average Bonchev–Trinajstić information content (AvgIpc) is 3.47. The topological polar surface area (TPSA) is 119 Å². The van der Waals surface area contributed by atoms with Crippen LogP contribution in [0.4, 0.5) is 16.4 Å². The van der Waals surface area contributed by atoms with Crippen molar-refractivity contribution in [3.63, 3.8) is 0 Å². The van der Waals surface area contributed by atoms with Crippen LogP contribution in [-0.4, -0.2) is 76.4 Å². The predicted octanol–water partition coefficient (Wildman–Crippen LogP) is 1.97. The Kier molecular flexibility index (Phi) is 4.78. The van der Waals surface area contributed by atoms with Gasteiger partial charge in [-0.05, 0) is 24.6 Å². The number of ether oxygens (including phenoxy) is 2. The van der Waals surface area contributed by atoms with E-state index in [4.69, 9.17) is 15.2 Å². The number of fused-ring (bicyclic) bond motifs is 3. The number of hydrogen-bond donors (Lipinski definition) is 2. The first-order valence-corrected chi connectivity index (χ1v) is 10.2. The summed E-state index contributed by atoms with van der Waals surface area (Å²) in [6.07, 6.45) is 1.72. The van der Waals surface area contributed by atoms with E-state index in [0.717, 1.165) is 28.8 Å². The van der Waals surface area contributed by atoms with E-state index in [1.54, 1.807) is 18.0 Å². The Labute approximate surface area is 178 Å². The van der Waals surface area contributed by atoms with Gasteiger partial charge in [0.25, 0.3) is 0 Å². The second-order valence-corrected chi connectivity index (χ2v) is 7.82. The number of nitrogens with two attached hydrogens (primary N) is 1. The molecule has 0 aliphatic carbocycles. The molecule has 10 nitrogen and oxygen atoms in total. The molecule has 2 aliphatic rings. The maximum Gasteiger partial charge on any atom is 0.407 e. The van der Waals surface area contributed by atoms with Crippen molar-refractivity contribution >= 4 is 28.6 Å². The third-order valence-corrected chi connectivity index (χ3v) is 5.99. The molecule has 0 spiro atoms. The fourth-order valence-electron chi connectivity index (χ4n) is 4.53. The van der Waals surface area contributed by atoms with Crippen LogP contribution in [0.15, 0.2) is 36.5 Å². The molecular weight excluding hydrogens is 400 g/mol. The van der Waals surface area contributed by atoms with Gasteiger partial charge in [-0.15, -0.1) is 5.10 Å². The number of methoxy groups -OCH3 is 1. The molecule has 31 heavy (non-hydrogen) atoms. The summed E-state index contributed by atoms with van der Waals surface area (Å²) in [5.74, 6) is 1.96. The van der Waals surface area contributed by atoms with Crippen molar-refractivity contribution < 1.29 is 19.4 Å². The van der Waals surface area contributed by atoms with Crippen LogP contribution in [0.2, 0.25) is 0 Å². The van der Waals surface area contributed by atoms with E-state index in [9.17, 15) is 9.90 Å². The van der Waals surface area contributed by atoms with Crippen LogP contribution in [0.3, 0.4) is 0 Å². The van der Waals surface area contributed by atoms with E-state index in [1.165, 1.54) is 4.90 Å². The molecule has 2 saturated heterocycles. The summed E-state index contributed by atoms with van der Waals surface area (Å²) in [4.78, 5) is 19.6. The summed E-state index contributed by atoms with van der Waals surface area (Å²) in [7, 11) is 1.63. The lowest BCUT2D eigenvalue weighted by Crippen LogP contribution is -2.48. The van der Waals surface area contributed by atoms with E-state index < -0.39 is 6.09 Å². The SMILES string of the molecule is COCCOc1ccc2c(N)nn(-c3ccnc(N4C[C@@H]5C[C@H]4CN5C(=O)O)c3)c2c1. The number of amides is 1. The maximum atomic E-state index is 11.4. The fraction of sp³-hybridized carbons (Fsp3) is 0.381. The van der Waals surface area contributed by atoms with Crippen LogP contribution in [0, 0.1) is 0 Å². The molecule has 4 heterocycles. The van der Waals surface area contributed by atoms with Gasteiger partial charge in [-0.3, -0.25) is 0 Å². The van der Waals surface area contributed by atoms with Gasteiger partial charge >= 0.3 is 6.09 Å². The number of likely N-dealkylation sites (tertiary alicyclic amines) is 1. The highest BCUT2D eigenvalue weighted by molar-refractivity contribution is 5.91. The van der Waals surface area contributed by atoms with Crippen LogP contribution in [0.5, 0.6) is 5.75 Å². The zero-order chi connectivity index (χ0) is 21.5. The van der Waals surface area contributed by atoms with Gasteiger partial charge in [-0.1, -0.05) is 0 Å². The lowest BCUT2D eigenvalue weighted by Gasteiger charge is -2.33. The number of anilines is 2. The first kappa shape index (κ1) is 19.4. The smallest absolute Gasteiger partial charge is 0.407 e. The minimum absolute atomic E-state index is 0.0148. The number of carbonyl (C=O) groups is 1. The lowest BCUT2D eigenvalue weighted by molar-refractivity contribution is 0.137. The van der Waals surface area contributed by atoms with Crippen molar-refractivity contribution in [2.45, 2.75) is 18.5 Å². The van der Waals surface area contributed by atoms with E-state index in [-0.39, 0.29) is 12.1 Å². The van der Waals surface area contributed by atoms with Crippen LogP contribution in [0.25, 0.3) is 16.6 Å². The molecule has 3 aromatic rings. The number of piperazine rings is 1. The van der Waals surface area contributed by atoms with Crippen LogP contribution >= 0.6 is 0 Å². The van der Waals surface area contributed by atoms with Gasteiger partial charge in [-0.2, -0.15) is 0 Å². The molecule has 0 saturated carbocycles. The fourth-order valence-corrected chi connectivity index (χ4v) is 4.53. The van der Waals surface area contributed by atoms with E-state index in [0.29, 0.717) is 37.9 Å². The van der Waals surface area contributed by atoms with Crippen molar-refractivity contribution in [3.05, 3.63) is 36.5 Å². The largest absolute Gasteiger partial charge is 0.491 e. The van der Waals surface area contributed by atoms with Gasteiger partial charge in [0.05, 0.1) is 29.9 Å². The molecular formula is C21H24N6O4. The van der Waals surface area contributed by atoms with E-state index in [1.807, 2.05) is 30.3 Å². The zero-order valence-electron chi connectivity index (χ0n) is 17.1. The summed E-state index contributed by atoms with van der Waals surface area (Å²) >= 11 is 0. The number of rotatable bonds is 6. The predicted molar refractivity (Wildman–Crippen MR) is 115 cm³/mol. The van der Waals surface area contributed by atoms with Gasteiger partial charge in [0.2, 0.25) is 0 Å². The molecule has 0 unspecified atom stereocenters. The Morgan fingerprint density at radius 1 is 1.23 bits per heavy atom. The van der Waals surface area contributed by atoms with Gasteiger partial charge in [0.15, 0.2) is 5.82 Å². The summed E-state index contributed by atoms with van der Waals surface area (Å²) < 4.78 is 12.6. The minimum Gasteiger partial charge on any atom is -0.491 e. The Bertz CT molecular complexity index is 1130. The van der Waals surface area contributed by atoms with Crippen LogP contribution < -0.4 is 15.4 Å². The van der Waals surface area contributed by atoms with Gasteiger partial charge in [0.1, 0.15) is 18.2 Å². The molecule has 10 heteroatoms. The number of carboxylic acid groups (broad SMARTS) is 1. The highest BCUT2D eigenvalue weighted by Crippen LogP contribution is 2.35.